The highest BCUT2D eigenvalue weighted by Crippen LogP contribution is 2.31. The molecule has 3 aromatic rings. The number of benzene rings is 2. The molecule has 0 aliphatic heterocycles. The summed E-state index contributed by atoms with van der Waals surface area (Å²) in [6.07, 6.45) is 0. The van der Waals surface area contributed by atoms with Gasteiger partial charge in [-0.1, -0.05) is 0 Å². The van der Waals surface area contributed by atoms with Crippen molar-refractivity contribution in [2.75, 3.05) is 5.73 Å². The van der Waals surface area contributed by atoms with E-state index in [1.165, 1.54) is 30.3 Å². The first-order valence-electron chi connectivity index (χ1n) is 6.13. The normalized spacial score (nSPS) is 11.0. The molecule has 0 saturated heterocycles. The molecule has 1 aromatic heterocycles. The van der Waals surface area contributed by atoms with Crippen molar-refractivity contribution in [2.45, 2.75) is 0 Å². The highest BCUT2D eigenvalue weighted by atomic mass is 19.1. The summed E-state index contributed by atoms with van der Waals surface area (Å²) in [4.78, 5) is 14.8. The Morgan fingerprint density at radius 2 is 2.05 bits per heavy atom. The number of hydrogen-bond acceptors (Lipinski definition) is 4. The second-order valence-corrected chi connectivity index (χ2v) is 4.66. The van der Waals surface area contributed by atoms with Crippen LogP contribution in [0.5, 0.6) is 0 Å². The van der Waals surface area contributed by atoms with Crippen LogP contribution in [0.4, 0.5) is 15.8 Å². The van der Waals surface area contributed by atoms with Gasteiger partial charge in [-0.05, 0) is 24.3 Å². The standard InChI is InChI=1S/C14H11FN4O2/c1-18-13-6-8(15)2-5-12(13)17-14(18)10-7-9(19(20)21)3-4-11(10)16/h2-7H,16H2,1H3. The quantitative estimate of drug-likeness (QED) is 0.446. The second-order valence-electron chi connectivity index (χ2n) is 4.66. The van der Waals surface area contributed by atoms with Crippen molar-refractivity contribution in [3.8, 4) is 11.4 Å². The highest BCUT2D eigenvalue weighted by molar-refractivity contribution is 5.84. The number of nitro groups is 1. The molecule has 0 bridgehead atoms. The van der Waals surface area contributed by atoms with Gasteiger partial charge in [-0.3, -0.25) is 10.1 Å². The van der Waals surface area contributed by atoms with Gasteiger partial charge >= 0.3 is 0 Å². The van der Waals surface area contributed by atoms with Crippen molar-refractivity contribution in [3.05, 3.63) is 52.3 Å². The number of fused-ring (bicyclic) bond motifs is 1. The van der Waals surface area contributed by atoms with E-state index in [1.54, 1.807) is 17.7 Å². The monoisotopic (exact) mass is 286 g/mol. The number of halogens is 1. The minimum Gasteiger partial charge on any atom is -0.398 e. The van der Waals surface area contributed by atoms with Crippen LogP contribution in [0.25, 0.3) is 22.4 Å². The van der Waals surface area contributed by atoms with E-state index in [0.717, 1.165) is 0 Å². The maximum absolute atomic E-state index is 13.3. The summed E-state index contributed by atoms with van der Waals surface area (Å²) in [6, 6.07) is 8.40. The number of aromatic nitrogens is 2. The van der Waals surface area contributed by atoms with Crippen LogP contribution >= 0.6 is 0 Å². The first-order chi connectivity index (χ1) is 9.97. The van der Waals surface area contributed by atoms with Gasteiger partial charge in [-0.15, -0.1) is 0 Å². The third kappa shape index (κ3) is 2.08. The van der Waals surface area contributed by atoms with Crippen LogP contribution in [0, 0.1) is 15.9 Å². The summed E-state index contributed by atoms with van der Waals surface area (Å²) in [5.74, 6) is 0.0841. The molecule has 3 rings (SSSR count). The summed E-state index contributed by atoms with van der Waals surface area (Å²) in [6.45, 7) is 0. The fraction of sp³-hybridized carbons (Fsp3) is 0.0714. The number of aryl methyl sites for hydroxylation is 1. The Kier molecular flexibility index (Phi) is 2.83. The van der Waals surface area contributed by atoms with E-state index in [0.29, 0.717) is 28.1 Å². The summed E-state index contributed by atoms with van der Waals surface area (Å²) in [7, 11) is 1.71. The van der Waals surface area contributed by atoms with Crippen LogP contribution in [-0.4, -0.2) is 14.5 Å². The summed E-state index contributed by atoms with van der Waals surface area (Å²) in [5.41, 5.74) is 7.83. The molecule has 106 valence electrons. The summed E-state index contributed by atoms with van der Waals surface area (Å²) >= 11 is 0. The lowest BCUT2D eigenvalue weighted by Crippen LogP contribution is -1.98. The minimum atomic E-state index is -0.495. The second kappa shape index (κ2) is 4.55. The smallest absolute Gasteiger partial charge is 0.270 e. The lowest BCUT2D eigenvalue weighted by Gasteiger charge is -2.06. The first kappa shape index (κ1) is 13.0. The molecule has 6 nitrogen and oxygen atoms in total. The van der Waals surface area contributed by atoms with Gasteiger partial charge in [0.05, 0.1) is 16.0 Å². The number of anilines is 1. The molecule has 0 aliphatic rings. The Morgan fingerprint density at radius 3 is 2.76 bits per heavy atom. The van der Waals surface area contributed by atoms with Crippen LogP contribution < -0.4 is 5.73 Å². The highest BCUT2D eigenvalue weighted by Gasteiger charge is 2.16. The Hall–Kier alpha value is -2.96. The maximum atomic E-state index is 13.3. The Balaban J connectivity index is 2.27. The lowest BCUT2D eigenvalue weighted by molar-refractivity contribution is -0.384. The lowest BCUT2D eigenvalue weighted by atomic mass is 10.1. The molecule has 1 heterocycles. The minimum absolute atomic E-state index is 0.0718. The van der Waals surface area contributed by atoms with Crippen LogP contribution in [0.2, 0.25) is 0 Å². The van der Waals surface area contributed by atoms with Crippen molar-refractivity contribution in [1.82, 2.24) is 9.55 Å². The molecule has 0 unspecified atom stereocenters. The van der Waals surface area contributed by atoms with Crippen LogP contribution in [-0.2, 0) is 7.05 Å². The van der Waals surface area contributed by atoms with E-state index in [9.17, 15) is 14.5 Å². The number of non-ortho nitro benzene ring substituents is 1. The zero-order valence-electron chi connectivity index (χ0n) is 11.1. The fourth-order valence-corrected chi connectivity index (χ4v) is 2.26. The number of rotatable bonds is 2. The van der Waals surface area contributed by atoms with Crippen molar-refractivity contribution >= 4 is 22.4 Å². The average Bonchev–Trinajstić information content (AvgIpc) is 2.76. The molecular formula is C14H11FN4O2. The third-order valence-electron chi connectivity index (χ3n) is 3.33. The topological polar surface area (TPSA) is 87.0 Å². The van der Waals surface area contributed by atoms with E-state index in [-0.39, 0.29) is 11.5 Å². The van der Waals surface area contributed by atoms with Gasteiger partial charge in [-0.25, -0.2) is 9.37 Å². The van der Waals surface area contributed by atoms with E-state index in [2.05, 4.69) is 4.98 Å². The largest absolute Gasteiger partial charge is 0.398 e. The summed E-state index contributed by atoms with van der Waals surface area (Å²) in [5, 5.41) is 10.9. The SMILES string of the molecule is Cn1c(-c2cc([N+](=O)[O-])ccc2N)nc2ccc(F)cc21. The van der Waals surface area contributed by atoms with Gasteiger partial charge in [-0.2, -0.15) is 0 Å². The van der Waals surface area contributed by atoms with E-state index in [4.69, 9.17) is 5.73 Å². The van der Waals surface area contributed by atoms with Gasteiger partial charge in [0, 0.05) is 30.4 Å². The number of imidazole rings is 1. The van der Waals surface area contributed by atoms with Crippen LogP contribution in [0.15, 0.2) is 36.4 Å². The number of hydrogen-bond donors (Lipinski definition) is 1. The molecule has 0 amide bonds. The molecule has 2 aromatic carbocycles. The molecule has 0 atom stereocenters. The van der Waals surface area contributed by atoms with Gasteiger partial charge in [0.2, 0.25) is 0 Å². The number of nitrogens with two attached hydrogens (primary N) is 1. The maximum Gasteiger partial charge on any atom is 0.270 e. The molecule has 0 aliphatic carbocycles. The Bertz CT molecular complexity index is 873. The number of nitrogens with zero attached hydrogens (tertiary/aromatic N) is 3. The predicted octanol–water partition coefficient (Wildman–Crippen LogP) is 2.87. The Morgan fingerprint density at radius 1 is 1.29 bits per heavy atom. The predicted molar refractivity (Wildman–Crippen MR) is 77.2 cm³/mol. The van der Waals surface area contributed by atoms with Gasteiger partial charge < -0.3 is 10.3 Å². The van der Waals surface area contributed by atoms with Crippen molar-refractivity contribution < 1.29 is 9.31 Å². The van der Waals surface area contributed by atoms with Crippen LogP contribution in [0.1, 0.15) is 0 Å². The van der Waals surface area contributed by atoms with Gasteiger partial charge in [0.25, 0.3) is 5.69 Å². The molecular weight excluding hydrogens is 275 g/mol. The zero-order chi connectivity index (χ0) is 15.1. The molecule has 2 N–H and O–H groups in total. The van der Waals surface area contributed by atoms with Gasteiger partial charge in [0.1, 0.15) is 11.6 Å². The van der Waals surface area contributed by atoms with E-state index < -0.39 is 4.92 Å². The van der Waals surface area contributed by atoms with Gasteiger partial charge in [0.15, 0.2) is 0 Å². The molecule has 0 radical (unpaired) electrons. The third-order valence-corrected chi connectivity index (χ3v) is 3.33. The molecule has 0 saturated carbocycles. The van der Waals surface area contributed by atoms with Crippen LogP contribution in [0.3, 0.4) is 0 Å². The van der Waals surface area contributed by atoms with Crippen molar-refractivity contribution in [2.24, 2.45) is 7.05 Å². The Labute approximate surface area is 118 Å². The van der Waals surface area contributed by atoms with E-state index >= 15 is 0 Å². The molecule has 0 spiro atoms. The first-order valence-corrected chi connectivity index (χ1v) is 6.13. The number of nitrogen functional groups attached to an aromatic ring is 1. The average molecular weight is 286 g/mol. The van der Waals surface area contributed by atoms with E-state index in [1.807, 2.05) is 0 Å². The van der Waals surface area contributed by atoms with Crippen molar-refractivity contribution in [3.63, 3.8) is 0 Å². The number of nitro benzene ring substituents is 1. The van der Waals surface area contributed by atoms with Crippen molar-refractivity contribution in [1.29, 1.82) is 0 Å². The molecule has 0 fully saturated rings. The zero-order valence-corrected chi connectivity index (χ0v) is 11.1. The summed E-state index contributed by atoms with van der Waals surface area (Å²) < 4.78 is 15.0. The molecule has 7 heteroatoms. The fourth-order valence-electron chi connectivity index (χ4n) is 2.26. The molecule has 21 heavy (non-hydrogen) atoms.